The fraction of sp³-hybridized carbons (Fsp3) is 0.259. The van der Waals surface area contributed by atoms with Crippen LogP contribution in [0.4, 0.5) is 5.82 Å². The highest BCUT2D eigenvalue weighted by Crippen LogP contribution is 2.32. The topological polar surface area (TPSA) is 143 Å². The Morgan fingerprint density at radius 1 is 1.10 bits per heavy atom. The van der Waals surface area contributed by atoms with Gasteiger partial charge in [-0.3, -0.25) is 19.2 Å². The summed E-state index contributed by atoms with van der Waals surface area (Å²) >= 11 is 0. The van der Waals surface area contributed by atoms with E-state index in [4.69, 9.17) is 4.74 Å². The summed E-state index contributed by atoms with van der Waals surface area (Å²) in [6.07, 6.45) is 4.52. The molecule has 1 saturated heterocycles. The van der Waals surface area contributed by atoms with Gasteiger partial charge in [-0.1, -0.05) is 18.2 Å². The van der Waals surface area contributed by atoms with Crippen LogP contribution in [0.1, 0.15) is 34.6 Å². The zero-order chi connectivity index (χ0) is 27.7. The number of ketones is 1. The second-order valence-corrected chi connectivity index (χ2v) is 9.22. The molecule has 12 nitrogen and oxygen atoms in total. The van der Waals surface area contributed by atoms with Crippen LogP contribution in [-0.2, 0) is 9.59 Å². The van der Waals surface area contributed by atoms with E-state index >= 15 is 0 Å². The normalized spacial score (nSPS) is 15.3. The smallest absolute Gasteiger partial charge is 0.295 e. The molecule has 0 unspecified atom stereocenters. The summed E-state index contributed by atoms with van der Waals surface area (Å²) in [6, 6.07) is 10.3. The maximum atomic E-state index is 13.5. The molecule has 0 saturated carbocycles. The van der Waals surface area contributed by atoms with Crippen molar-refractivity contribution in [3.63, 3.8) is 0 Å². The number of ether oxygens (including phenoxy) is 1. The van der Waals surface area contributed by atoms with Crippen LogP contribution in [0.3, 0.4) is 0 Å². The lowest BCUT2D eigenvalue weighted by molar-refractivity contribution is -0.128. The van der Waals surface area contributed by atoms with Crippen molar-refractivity contribution in [2.45, 2.75) is 19.9 Å². The standard InChI is InChI=1S/C27H27N7O5/c1-16-15-32(11-12-33(16)26(37)18-7-5-4-6-8-18)27(38)24(36)19-13-28-23-22(19)20(39-3)14-29-25(23)34-10-9-21(31-34)30-17(2)35/h4-10,13-14,16,28H,11-12,15H2,1-3H3,(H,30,31,35)/t16-/m1/s1. The van der Waals surface area contributed by atoms with E-state index in [2.05, 4.69) is 20.4 Å². The van der Waals surface area contributed by atoms with E-state index < -0.39 is 11.7 Å². The van der Waals surface area contributed by atoms with Gasteiger partial charge < -0.3 is 24.8 Å². The van der Waals surface area contributed by atoms with Crippen molar-refractivity contribution >= 4 is 40.2 Å². The van der Waals surface area contributed by atoms with Gasteiger partial charge in [0.05, 0.1) is 29.8 Å². The number of pyridine rings is 1. The second-order valence-electron chi connectivity index (χ2n) is 9.22. The Bertz CT molecular complexity index is 1580. The molecule has 4 aromatic rings. The van der Waals surface area contributed by atoms with Crippen molar-refractivity contribution in [2.75, 3.05) is 32.1 Å². The molecule has 1 aromatic carbocycles. The molecule has 4 heterocycles. The summed E-state index contributed by atoms with van der Waals surface area (Å²) in [5.41, 5.74) is 1.16. The summed E-state index contributed by atoms with van der Waals surface area (Å²) in [5.74, 6) is -0.733. The number of carbonyl (C=O) groups excluding carboxylic acids is 4. The van der Waals surface area contributed by atoms with Crippen LogP contribution in [0.2, 0.25) is 0 Å². The number of benzene rings is 1. The van der Waals surface area contributed by atoms with Gasteiger partial charge in [-0.15, -0.1) is 5.10 Å². The molecule has 39 heavy (non-hydrogen) atoms. The summed E-state index contributed by atoms with van der Waals surface area (Å²) in [5, 5.41) is 7.30. The van der Waals surface area contributed by atoms with E-state index in [1.807, 2.05) is 13.0 Å². The molecule has 1 fully saturated rings. The average molecular weight is 530 g/mol. The number of anilines is 1. The number of hydrogen-bond donors (Lipinski definition) is 2. The highest BCUT2D eigenvalue weighted by molar-refractivity contribution is 6.45. The Kier molecular flexibility index (Phi) is 6.84. The number of hydrogen-bond acceptors (Lipinski definition) is 7. The van der Waals surface area contributed by atoms with Gasteiger partial charge in [-0.05, 0) is 19.1 Å². The molecule has 1 atom stereocenters. The molecule has 200 valence electrons. The Morgan fingerprint density at radius 2 is 1.87 bits per heavy atom. The van der Waals surface area contributed by atoms with Crippen LogP contribution < -0.4 is 10.1 Å². The molecular weight excluding hydrogens is 502 g/mol. The van der Waals surface area contributed by atoms with Gasteiger partial charge >= 0.3 is 0 Å². The molecule has 3 aromatic heterocycles. The molecule has 1 aliphatic rings. The summed E-state index contributed by atoms with van der Waals surface area (Å²) in [6.45, 7) is 4.02. The van der Waals surface area contributed by atoms with Crippen LogP contribution in [0.25, 0.3) is 16.7 Å². The van der Waals surface area contributed by atoms with E-state index in [0.29, 0.717) is 40.4 Å². The molecule has 3 amide bonds. The first-order valence-corrected chi connectivity index (χ1v) is 12.4. The minimum Gasteiger partial charge on any atom is -0.494 e. The number of nitrogens with one attached hydrogen (secondary N) is 2. The number of methoxy groups -OCH3 is 1. The van der Waals surface area contributed by atoms with E-state index in [1.165, 1.54) is 36.0 Å². The maximum Gasteiger partial charge on any atom is 0.295 e. The summed E-state index contributed by atoms with van der Waals surface area (Å²) in [4.78, 5) is 61.7. The predicted molar refractivity (Wildman–Crippen MR) is 142 cm³/mol. The highest BCUT2D eigenvalue weighted by atomic mass is 16.5. The lowest BCUT2D eigenvalue weighted by Crippen LogP contribution is -2.56. The number of aromatic amines is 1. The molecular formula is C27H27N7O5. The fourth-order valence-electron chi connectivity index (χ4n) is 4.75. The van der Waals surface area contributed by atoms with Crippen LogP contribution in [0.15, 0.2) is 55.0 Å². The van der Waals surface area contributed by atoms with Gasteiger partial charge in [0.25, 0.3) is 17.6 Å². The molecule has 0 bridgehead atoms. The minimum atomic E-state index is -0.703. The number of piperazine rings is 1. The maximum absolute atomic E-state index is 13.5. The molecule has 12 heteroatoms. The molecule has 2 N–H and O–H groups in total. The Labute approximate surface area is 223 Å². The zero-order valence-corrected chi connectivity index (χ0v) is 21.7. The van der Waals surface area contributed by atoms with Gasteiger partial charge in [0, 0.05) is 56.6 Å². The Morgan fingerprint density at radius 3 is 2.56 bits per heavy atom. The van der Waals surface area contributed by atoms with Crippen LogP contribution in [-0.4, -0.2) is 85.8 Å². The summed E-state index contributed by atoms with van der Waals surface area (Å²) < 4.78 is 6.91. The third kappa shape index (κ3) is 4.83. The zero-order valence-electron chi connectivity index (χ0n) is 21.7. The lowest BCUT2D eigenvalue weighted by Gasteiger charge is -2.39. The fourth-order valence-corrected chi connectivity index (χ4v) is 4.75. The quantitative estimate of drug-likeness (QED) is 0.288. The van der Waals surface area contributed by atoms with Crippen molar-refractivity contribution in [3.8, 4) is 11.6 Å². The number of fused-ring (bicyclic) bond motifs is 1. The van der Waals surface area contributed by atoms with Crippen molar-refractivity contribution in [1.82, 2.24) is 29.5 Å². The number of aromatic nitrogens is 4. The van der Waals surface area contributed by atoms with E-state index in [1.54, 1.807) is 41.4 Å². The van der Waals surface area contributed by atoms with E-state index in [9.17, 15) is 19.2 Å². The van der Waals surface area contributed by atoms with Gasteiger partial charge in [0.2, 0.25) is 5.91 Å². The minimum absolute atomic E-state index is 0.108. The lowest BCUT2D eigenvalue weighted by atomic mass is 10.1. The van der Waals surface area contributed by atoms with Crippen LogP contribution >= 0.6 is 0 Å². The van der Waals surface area contributed by atoms with Gasteiger partial charge in [0.15, 0.2) is 11.6 Å². The third-order valence-electron chi connectivity index (χ3n) is 6.62. The van der Waals surface area contributed by atoms with Gasteiger partial charge in [-0.2, -0.15) is 0 Å². The molecule has 5 rings (SSSR count). The molecule has 0 aliphatic carbocycles. The first-order chi connectivity index (χ1) is 18.8. The van der Waals surface area contributed by atoms with Crippen LogP contribution in [0, 0.1) is 0 Å². The van der Waals surface area contributed by atoms with Crippen molar-refractivity contribution in [1.29, 1.82) is 0 Å². The number of carbonyl (C=O) groups is 4. The molecule has 0 radical (unpaired) electrons. The highest BCUT2D eigenvalue weighted by Gasteiger charge is 2.34. The first-order valence-electron chi connectivity index (χ1n) is 12.4. The Hall–Kier alpha value is -5.00. The monoisotopic (exact) mass is 529 g/mol. The van der Waals surface area contributed by atoms with E-state index in [0.717, 1.165) is 0 Å². The van der Waals surface area contributed by atoms with Crippen LogP contribution in [0.5, 0.6) is 5.75 Å². The number of rotatable bonds is 6. The van der Waals surface area contributed by atoms with Gasteiger partial charge in [0.1, 0.15) is 5.75 Å². The van der Waals surface area contributed by atoms with E-state index in [-0.39, 0.29) is 36.5 Å². The largest absolute Gasteiger partial charge is 0.494 e. The van der Waals surface area contributed by atoms with Crippen molar-refractivity contribution in [3.05, 3.63) is 66.1 Å². The number of H-pyrrole nitrogens is 1. The first kappa shape index (κ1) is 25.6. The Balaban J connectivity index is 1.39. The number of nitrogens with zero attached hydrogens (tertiary/aromatic N) is 5. The second kappa shape index (κ2) is 10.4. The molecule has 1 aliphatic heterocycles. The SMILES string of the molecule is COc1cnc(-n2ccc(NC(C)=O)n2)c2[nH]cc(C(=O)C(=O)N3CCN(C(=O)c4ccccc4)[C@H](C)C3)c12. The third-order valence-corrected chi connectivity index (χ3v) is 6.62. The molecule has 0 spiro atoms. The van der Waals surface area contributed by atoms with Crippen molar-refractivity contribution in [2.24, 2.45) is 0 Å². The predicted octanol–water partition coefficient (Wildman–Crippen LogP) is 2.27. The summed E-state index contributed by atoms with van der Waals surface area (Å²) in [7, 11) is 1.45. The van der Waals surface area contributed by atoms with Gasteiger partial charge in [-0.25, -0.2) is 9.67 Å². The van der Waals surface area contributed by atoms with Crippen molar-refractivity contribution < 1.29 is 23.9 Å². The number of Topliss-reactive ketones (excluding diaryl/α,β-unsaturated/α-hetero) is 1. The number of amides is 3. The average Bonchev–Trinajstić information content (AvgIpc) is 3.59.